The van der Waals surface area contributed by atoms with Crippen LogP contribution in [0, 0.1) is 0 Å². The second kappa shape index (κ2) is 3.97. The van der Waals surface area contributed by atoms with Gasteiger partial charge in [-0.1, -0.05) is 17.7 Å². The minimum Gasteiger partial charge on any atom is -0.497 e. The molecule has 0 aliphatic carbocycles. The lowest BCUT2D eigenvalue weighted by Crippen LogP contribution is -2.08. The number of fused-ring (bicyclic) bond motifs is 3. The first kappa shape index (κ1) is 10.5. The lowest BCUT2D eigenvalue weighted by atomic mass is 9.95. The Labute approximate surface area is 105 Å². The number of rotatable bonds is 1. The smallest absolute Gasteiger partial charge is 0.120 e. The summed E-state index contributed by atoms with van der Waals surface area (Å²) in [6.45, 7) is 0.802. The summed E-state index contributed by atoms with van der Waals surface area (Å²) in [5.41, 5.74) is 4.78. The fourth-order valence-electron chi connectivity index (χ4n) is 2.19. The molecule has 0 aromatic heterocycles. The topological polar surface area (TPSA) is 21.3 Å². The van der Waals surface area contributed by atoms with Gasteiger partial charge in [0.15, 0.2) is 0 Å². The first-order chi connectivity index (χ1) is 8.28. The van der Waals surface area contributed by atoms with Crippen LogP contribution in [-0.4, -0.2) is 7.11 Å². The van der Waals surface area contributed by atoms with E-state index in [0.29, 0.717) is 0 Å². The van der Waals surface area contributed by atoms with Crippen molar-refractivity contribution in [3.05, 3.63) is 47.0 Å². The van der Waals surface area contributed by atoms with Gasteiger partial charge in [-0.2, -0.15) is 0 Å². The summed E-state index contributed by atoms with van der Waals surface area (Å²) in [5.74, 6) is 0.869. The fraction of sp³-hybridized carbons (Fsp3) is 0.143. The third kappa shape index (κ3) is 1.75. The molecular weight excluding hydrogens is 234 g/mol. The van der Waals surface area contributed by atoms with E-state index in [1.54, 1.807) is 7.11 Å². The van der Waals surface area contributed by atoms with Crippen LogP contribution in [0.25, 0.3) is 11.1 Å². The van der Waals surface area contributed by atoms with E-state index in [0.717, 1.165) is 23.0 Å². The molecule has 1 aliphatic rings. The second-order valence-electron chi connectivity index (χ2n) is 4.07. The number of nitrogens with one attached hydrogen (secondary N) is 1. The summed E-state index contributed by atoms with van der Waals surface area (Å²) in [6, 6.07) is 12.1. The van der Waals surface area contributed by atoms with Gasteiger partial charge >= 0.3 is 0 Å². The van der Waals surface area contributed by atoms with E-state index in [1.807, 2.05) is 24.3 Å². The maximum atomic E-state index is 6.00. The number of benzene rings is 2. The van der Waals surface area contributed by atoms with Gasteiger partial charge in [0.1, 0.15) is 5.75 Å². The molecular formula is C14H12ClNO. The van der Waals surface area contributed by atoms with Gasteiger partial charge in [-0.05, 0) is 35.4 Å². The monoisotopic (exact) mass is 245 g/mol. The highest BCUT2D eigenvalue weighted by Crippen LogP contribution is 2.38. The summed E-state index contributed by atoms with van der Waals surface area (Å²) in [6.07, 6.45) is 0. The van der Waals surface area contributed by atoms with Crippen molar-refractivity contribution < 1.29 is 4.74 Å². The third-order valence-corrected chi connectivity index (χ3v) is 3.29. The van der Waals surface area contributed by atoms with Crippen molar-refractivity contribution in [2.24, 2.45) is 0 Å². The van der Waals surface area contributed by atoms with Gasteiger partial charge in [0.2, 0.25) is 0 Å². The average Bonchev–Trinajstić information content (AvgIpc) is 2.37. The molecule has 0 radical (unpaired) electrons. The van der Waals surface area contributed by atoms with Crippen molar-refractivity contribution in [2.75, 3.05) is 12.4 Å². The highest BCUT2D eigenvalue weighted by atomic mass is 35.5. The van der Waals surface area contributed by atoms with E-state index >= 15 is 0 Å². The Kier molecular flexibility index (Phi) is 2.45. The number of halogens is 1. The highest BCUT2D eigenvalue weighted by Gasteiger charge is 2.15. The summed E-state index contributed by atoms with van der Waals surface area (Å²) >= 11 is 6.00. The van der Waals surface area contributed by atoms with Gasteiger partial charge in [-0.15, -0.1) is 0 Å². The zero-order valence-electron chi connectivity index (χ0n) is 9.46. The van der Waals surface area contributed by atoms with Crippen molar-refractivity contribution in [3.8, 4) is 16.9 Å². The predicted octanol–water partition coefficient (Wildman–Crippen LogP) is 3.94. The predicted molar refractivity (Wildman–Crippen MR) is 70.8 cm³/mol. The van der Waals surface area contributed by atoms with Crippen molar-refractivity contribution in [3.63, 3.8) is 0 Å². The van der Waals surface area contributed by atoms with Crippen LogP contribution < -0.4 is 10.1 Å². The van der Waals surface area contributed by atoms with E-state index in [2.05, 4.69) is 17.4 Å². The molecule has 1 aliphatic heterocycles. The molecule has 3 heteroatoms. The molecule has 0 amide bonds. The van der Waals surface area contributed by atoms with E-state index in [-0.39, 0.29) is 0 Å². The molecule has 3 rings (SSSR count). The molecule has 0 fully saturated rings. The Morgan fingerprint density at radius 3 is 2.76 bits per heavy atom. The largest absolute Gasteiger partial charge is 0.497 e. The van der Waals surface area contributed by atoms with Crippen LogP contribution in [0.4, 0.5) is 5.69 Å². The number of ether oxygens (including phenoxy) is 1. The Morgan fingerprint density at radius 2 is 1.94 bits per heavy atom. The van der Waals surface area contributed by atoms with E-state index in [1.165, 1.54) is 16.7 Å². The van der Waals surface area contributed by atoms with E-state index in [4.69, 9.17) is 16.3 Å². The lowest BCUT2D eigenvalue weighted by Gasteiger charge is -2.22. The molecule has 0 spiro atoms. The first-order valence-electron chi connectivity index (χ1n) is 5.48. The zero-order valence-corrected chi connectivity index (χ0v) is 10.2. The Bertz CT molecular complexity index is 580. The normalized spacial score (nSPS) is 12.4. The Hall–Kier alpha value is -1.67. The maximum Gasteiger partial charge on any atom is 0.120 e. The average molecular weight is 246 g/mol. The Balaban J connectivity index is 2.16. The van der Waals surface area contributed by atoms with Crippen LogP contribution in [0.15, 0.2) is 36.4 Å². The standard InChI is InChI=1S/C14H12ClNO/c1-17-11-3-5-13-12-4-2-10(15)6-9(12)8-16-14(13)7-11/h2-7,16H,8H2,1H3. The van der Waals surface area contributed by atoms with Gasteiger partial charge in [0.25, 0.3) is 0 Å². The molecule has 1 N–H and O–H groups in total. The van der Waals surface area contributed by atoms with Crippen molar-refractivity contribution in [1.29, 1.82) is 0 Å². The van der Waals surface area contributed by atoms with Crippen LogP contribution in [0.5, 0.6) is 5.75 Å². The molecule has 0 bridgehead atoms. The van der Waals surface area contributed by atoms with Crippen LogP contribution >= 0.6 is 11.6 Å². The van der Waals surface area contributed by atoms with Gasteiger partial charge in [-0.3, -0.25) is 0 Å². The van der Waals surface area contributed by atoms with Crippen LogP contribution in [0.3, 0.4) is 0 Å². The minimum atomic E-state index is 0.780. The quantitative estimate of drug-likeness (QED) is 0.822. The molecule has 0 saturated carbocycles. The number of methoxy groups -OCH3 is 1. The Morgan fingerprint density at radius 1 is 1.12 bits per heavy atom. The number of hydrogen-bond acceptors (Lipinski definition) is 2. The maximum absolute atomic E-state index is 6.00. The van der Waals surface area contributed by atoms with Gasteiger partial charge < -0.3 is 10.1 Å². The SMILES string of the molecule is COc1ccc2c(c1)NCc1cc(Cl)ccc1-2. The zero-order chi connectivity index (χ0) is 11.8. The van der Waals surface area contributed by atoms with Crippen LogP contribution in [0.2, 0.25) is 5.02 Å². The highest BCUT2D eigenvalue weighted by molar-refractivity contribution is 6.30. The molecule has 1 heterocycles. The molecule has 2 nitrogen and oxygen atoms in total. The summed E-state index contributed by atoms with van der Waals surface area (Å²) in [5, 5.41) is 4.16. The molecule has 86 valence electrons. The first-order valence-corrected chi connectivity index (χ1v) is 5.86. The van der Waals surface area contributed by atoms with Crippen molar-refractivity contribution >= 4 is 17.3 Å². The molecule has 0 atom stereocenters. The molecule has 0 saturated heterocycles. The van der Waals surface area contributed by atoms with Gasteiger partial charge in [0.05, 0.1) is 7.11 Å². The van der Waals surface area contributed by atoms with Gasteiger partial charge in [-0.25, -0.2) is 0 Å². The summed E-state index contributed by atoms with van der Waals surface area (Å²) in [7, 11) is 1.68. The summed E-state index contributed by atoms with van der Waals surface area (Å²) < 4.78 is 5.23. The van der Waals surface area contributed by atoms with E-state index in [9.17, 15) is 0 Å². The fourth-order valence-corrected chi connectivity index (χ4v) is 2.39. The lowest BCUT2D eigenvalue weighted by molar-refractivity contribution is 0.415. The summed E-state index contributed by atoms with van der Waals surface area (Å²) in [4.78, 5) is 0. The van der Waals surface area contributed by atoms with Crippen molar-refractivity contribution in [2.45, 2.75) is 6.54 Å². The molecule has 17 heavy (non-hydrogen) atoms. The third-order valence-electron chi connectivity index (χ3n) is 3.05. The second-order valence-corrected chi connectivity index (χ2v) is 4.50. The number of hydrogen-bond donors (Lipinski definition) is 1. The van der Waals surface area contributed by atoms with Crippen LogP contribution in [-0.2, 0) is 6.54 Å². The molecule has 2 aromatic rings. The van der Waals surface area contributed by atoms with Crippen LogP contribution in [0.1, 0.15) is 5.56 Å². The molecule has 2 aromatic carbocycles. The van der Waals surface area contributed by atoms with Gasteiger partial charge in [0, 0.05) is 28.9 Å². The van der Waals surface area contributed by atoms with Crippen molar-refractivity contribution in [1.82, 2.24) is 0 Å². The van der Waals surface area contributed by atoms with E-state index < -0.39 is 0 Å². The minimum absolute atomic E-state index is 0.780. The number of anilines is 1. The molecule has 0 unspecified atom stereocenters.